The van der Waals surface area contributed by atoms with Gasteiger partial charge < -0.3 is 4.90 Å². The summed E-state index contributed by atoms with van der Waals surface area (Å²) in [7, 11) is 4.03. The first-order valence-corrected chi connectivity index (χ1v) is 5.58. The third kappa shape index (κ3) is 2.20. The molecule has 0 aliphatic rings. The highest BCUT2D eigenvalue weighted by molar-refractivity contribution is 9.11. The van der Waals surface area contributed by atoms with E-state index in [1.165, 1.54) is 9.48 Å². The van der Waals surface area contributed by atoms with E-state index in [2.05, 4.69) is 27.8 Å². The summed E-state index contributed by atoms with van der Waals surface area (Å²) < 4.78 is 1.17. The minimum Gasteiger partial charge on any atom is -0.354 e. The highest BCUT2D eigenvalue weighted by atomic mass is 79.9. The molecule has 0 fully saturated rings. The molecule has 1 heterocycles. The lowest BCUT2D eigenvalue weighted by molar-refractivity contribution is 0.884. The van der Waals surface area contributed by atoms with Crippen molar-refractivity contribution in [3.63, 3.8) is 0 Å². The van der Waals surface area contributed by atoms with E-state index < -0.39 is 0 Å². The van der Waals surface area contributed by atoms with Crippen molar-refractivity contribution in [2.75, 3.05) is 19.0 Å². The lowest BCUT2D eigenvalue weighted by atomic mass is 10.3. The molecule has 0 saturated carbocycles. The number of aromatic nitrogens is 1. The molecule has 2 nitrogen and oxygen atoms in total. The number of halogens is 1. The van der Waals surface area contributed by atoms with Crippen LogP contribution in [0.25, 0.3) is 0 Å². The summed E-state index contributed by atoms with van der Waals surface area (Å²) in [6, 6.07) is 0. The van der Waals surface area contributed by atoms with E-state index in [9.17, 15) is 0 Å². The van der Waals surface area contributed by atoms with Gasteiger partial charge in [0.25, 0.3) is 0 Å². The second-order valence-corrected chi connectivity index (χ2v) is 5.16. The molecule has 0 radical (unpaired) electrons. The quantitative estimate of drug-likeness (QED) is 0.818. The van der Waals surface area contributed by atoms with Crippen molar-refractivity contribution < 1.29 is 0 Å². The highest BCUT2D eigenvalue weighted by Crippen LogP contribution is 2.30. The molecule has 68 valence electrons. The van der Waals surface area contributed by atoms with Crippen molar-refractivity contribution in [3.8, 4) is 0 Å². The number of rotatable bonds is 3. The molecule has 0 N–H and O–H groups in total. The average molecular weight is 249 g/mol. The molecule has 0 aliphatic heterocycles. The Morgan fingerprint density at radius 1 is 1.50 bits per heavy atom. The summed E-state index contributed by atoms with van der Waals surface area (Å²) in [5.74, 6) is 0. The maximum atomic E-state index is 4.50. The van der Waals surface area contributed by atoms with Crippen molar-refractivity contribution in [1.29, 1.82) is 0 Å². The van der Waals surface area contributed by atoms with Gasteiger partial charge in [-0.1, -0.05) is 24.7 Å². The average Bonchev–Trinajstić information content (AvgIpc) is 2.34. The SMILES string of the molecule is CCCc1nc(N(C)C)sc1Br. The lowest BCUT2D eigenvalue weighted by Gasteiger charge is -2.05. The summed E-state index contributed by atoms with van der Waals surface area (Å²) in [5, 5.41) is 1.07. The zero-order valence-corrected chi connectivity index (χ0v) is 10.00. The van der Waals surface area contributed by atoms with Gasteiger partial charge in [-0.3, -0.25) is 0 Å². The van der Waals surface area contributed by atoms with Crippen molar-refractivity contribution >= 4 is 32.4 Å². The van der Waals surface area contributed by atoms with Gasteiger partial charge in [-0.05, 0) is 22.4 Å². The van der Waals surface area contributed by atoms with Crippen molar-refractivity contribution in [2.24, 2.45) is 0 Å². The normalized spacial score (nSPS) is 10.3. The summed E-state index contributed by atoms with van der Waals surface area (Å²) in [5.41, 5.74) is 1.19. The molecule has 0 aromatic carbocycles. The van der Waals surface area contributed by atoms with Crippen LogP contribution in [0.1, 0.15) is 19.0 Å². The standard InChI is InChI=1S/C8H13BrN2S/c1-4-5-6-7(9)12-8(10-6)11(2)3/h4-5H2,1-3H3. The third-order valence-electron chi connectivity index (χ3n) is 1.51. The predicted octanol–water partition coefficient (Wildman–Crippen LogP) is 2.92. The molecule has 0 aliphatic carbocycles. The van der Waals surface area contributed by atoms with E-state index in [0.29, 0.717) is 0 Å². The summed E-state index contributed by atoms with van der Waals surface area (Å²) >= 11 is 5.21. The largest absolute Gasteiger partial charge is 0.354 e. The summed E-state index contributed by atoms with van der Waals surface area (Å²) in [6.45, 7) is 2.17. The monoisotopic (exact) mass is 248 g/mol. The number of anilines is 1. The van der Waals surface area contributed by atoms with E-state index in [1.54, 1.807) is 11.3 Å². The first kappa shape index (κ1) is 9.99. The second kappa shape index (κ2) is 4.23. The van der Waals surface area contributed by atoms with E-state index in [1.807, 2.05) is 19.0 Å². The van der Waals surface area contributed by atoms with Gasteiger partial charge in [-0.2, -0.15) is 0 Å². The molecule has 1 aromatic heterocycles. The number of hydrogen-bond acceptors (Lipinski definition) is 3. The Bertz CT molecular complexity index is 258. The number of aryl methyl sites for hydroxylation is 1. The molecule has 0 bridgehead atoms. The fourth-order valence-corrected chi connectivity index (χ4v) is 2.39. The van der Waals surface area contributed by atoms with Crippen LogP contribution in [0.4, 0.5) is 5.13 Å². The van der Waals surface area contributed by atoms with E-state index in [4.69, 9.17) is 0 Å². The van der Waals surface area contributed by atoms with Gasteiger partial charge in [0.1, 0.15) is 0 Å². The topological polar surface area (TPSA) is 16.1 Å². The molecule has 1 aromatic rings. The van der Waals surface area contributed by atoms with Crippen LogP contribution in [0.3, 0.4) is 0 Å². The van der Waals surface area contributed by atoms with Gasteiger partial charge in [0.05, 0.1) is 9.48 Å². The maximum absolute atomic E-state index is 4.50. The number of thiazole rings is 1. The van der Waals surface area contributed by atoms with E-state index >= 15 is 0 Å². The minimum atomic E-state index is 1.06. The molecular weight excluding hydrogens is 236 g/mol. The van der Waals surface area contributed by atoms with Crippen LogP contribution in [0, 0.1) is 0 Å². The Balaban J connectivity index is 2.85. The van der Waals surface area contributed by atoms with Crippen LogP contribution < -0.4 is 4.90 Å². The van der Waals surface area contributed by atoms with Crippen LogP contribution in [-0.4, -0.2) is 19.1 Å². The summed E-state index contributed by atoms with van der Waals surface area (Å²) in [4.78, 5) is 6.53. The fraction of sp³-hybridized carbons (Fsp3) is 0.625. The molecule has 0 unspecified atom stereocenters. The minimum absolute atomic E-state index is 1.06. The Labute approximate surface area is 85.7 Å². The smallest absolute Gasteiger partial charge is 0.186 e. The van der Waals surface area contributed by atoms with Gasteiger partial charge >= 0.3 is 0 Å². The Hall–Kier alpha value is -0.0900. The first-order valence-electron chi connectivity index (χ1n) is 3.97. The van der Waals surface area contributed by atoms with Crippen LogP contribution in [0.15, 0.2) is 3.79 Å². The van der Waals surface area contributed by atoms with Crippen LogP contribution in [0.2, 0.25) is 0 Å². The van der Waals surface area contributed by atoms with E-state index in [0.717, 1.165) is 18.0 Å². The second-order valence-electron chi connectivity index (χ2n) is 2.86. The molecule has 12 heavy (non-hydrogen) atoms. The number of nitrogens with zero attached hydrogens (tertiary/aromatic N) is 2. The molecular formula is C8H13BrN2S. The Kier molecular flexibility index (Phi) is 3.53. The van der Waals surface area contributed by atoms with Crippen molar-refractivity contribution in [2.45, 2.75) is 19.8 Å². The van der Waals surface area contributed by atoms with Crippen LogP contribution >= 0.6 is 27.3 Å². The van der Waals surface area contributed by atoms with E-state index in [-0.39, 0.29) is 0 Å². The maximum Gasteiger partial charge on any atom is 0.186 e. The number of hydrogen-bond donors (Lipinski definition) is 0. The molecule has 0 spiro atoms. The van der Waals surface area contributed by atoms with Gasteiger partial charge in [-0.25, -0.2) is 4.98 Å². The Morgan fingerprint density at radius 2 is 2.17 bits per heavy atom. The fourth-order valence-electron chi connectivity index (χ4n) is 0.904. The third-order valence-corrected chi connectivity index (χ3v) is 3.50. The summed E-state index contributed by atoms with van der Waals surface area (Å²) in [6.07, 6.45) is 2.21. The molecule has 4 heteroatoms. The first-order chi connectivity index (χ1) is 5.65. The Morgan fingerprint density at radius 3 is 2.58 bits per heavy atom. The highest BCUT2D eigenvalue weighted by Gasteiger charge is 2.08. The van der Waals surface area contributed by atoms with Gasteiger partial charge in [0.2, 0.25) is 0 Å². The molecule has 1 rings (SSSR count). The van der Waals surface area contributed by atoms with Crippen LogP contribution in [0.5, 0.6) is 0 Å². The predicted molar refractivity (Wildman–Crippen MR) is 58.1 cm³/mol. The molecule has 0 amide bonds. The zero-order valence-electron chi connectivity index (χ0n) is 7.59. The van der Waals surface area contributed by atoms with Crippen molar-refractivity contribution in [3.05, 3.63) is 9.48 Å². The molecule has 0 atom stereocenters. The van der Waals surface area contributed by atoms with Crippen molar-refractivity contribution in [1.82, 2.24) is 4.98 Å². The lowest BCUT2D eigenvalue weighted by Crippen LogP contribution is -2.07. The van der Waals surface area contributed by atoms with Gasteiger partial charge in [-0.15, -0.1) is 0 Å². The molecule has 0 saturated heterocycles. The van der Waals surface area contributed by atoms with Gasteiger partial charge in [0.15, 0.2) is 5.13 Å². The van der Waals surface area contributed by atoms with Gasteiger partial charge in [0, 0.05) is 14.1 Å². The van der Waals surface area contributed by atoms with Crippen LogP contribution in [-0.2, 0) is 6.42 Å². The zero-order chi connectivity index (χ0) is 9.14.